The van der Waals surface area contributed by atoms with Crippen molar-refractivity contribution in [1.29, 1.82) is 5.26 Å². The van der Waals surface area contributed by atoms with Gasteiger partial charge in [0, 0.05) is 11.6 Å². The topological polar surface area (TPSA) is 59.3 Å². The van der Waals surface area contributed by atoms with Gasteiger partial charge in [-0.15, -0.1) is 0 Å². The first kappa shape index (κ1) is 17.6. The van der Waals surface area contributed by atoms with Crippen molar-refractivity contribution in [2.45, 2.75) is 26.2 Å². The lowest BCUT2D eigenvalue weighted by Crippen LogP contribution is -2.12. The Labute approximate surface area is 142 Å². The highest BCUT2D eigenvalue weighted by atomic mass is 16.5. The second-order valence-corrected chi connectivity index (χ2v) is 5.62. The van der Waals surface area contributed by atoms with Crippen LogP contribution in [0.1, 0.15) is 47.7 Å². The predicted octanol–water partition coefficient (Wildman–Crippen LogP) is 4.34. The van der Waals surface area contributed by atoms with Crippen LogP contribution in [0.25, 0.3) is 0 Å². The molecule has 0 spiro atoms. The summed E-state index contributed by atoms with van der Waals surface area (Å²) in [5.74, 6) is 1.26. The number of rotatable bonds is 7. The van der Waals surface area contributed by atoms with Gasteiger partial charge in [0.15, 0.2) is 23.9 Å². The van der Waals surface area contributed by atoms with Crippen LogP contribution in [0.4, 0.5) is 0 Å². The summed E-state index contributed by atoms with van der Waals surface area (Å²) in [4.78, 5) is 12.3. The minimum absolute atomic E-state index is 0.0784. The van der Waals surface area contributed by atoms with Crippen LogP contribution in [0.5, 0.6) is 11.5 Å². The van der Waals surface area contributed by atoms with Crippen LogP contribution < -0.4 is 9.47 Å². The van der Waals surface area contributed by atoms with Gasteiger partial charge in [0.2, 0.25) is 0 Å². The summed E-state index contributed by atoms with van der Waals surface area (Å²) in [7, 11) is 1.50. The first-order valence-corrected chi connectivity index (χ1v) is 7.93. The molecule has 0 saturated carbocycles. The number of carbonyl (C=O) groups is 1. The van der Waals surface area contributed by atoms with E-state index in [1.54, 1.807) is 18.2 Å². The normalized spacial score (nSPS) is 11.4. The lowest BCUT2D eigenvalue weighted by atomic mass is 9.97. The Balaban J connectivity index is 2.04. The monoisotopic (exact) mass is 323 g/mol. The third kappa shape index (κ3) is 4.14. The van der Waals surface area contributed by atoms with Crippen molar-refractivity contribution in [2.24, 2.45) is 0 Å². The van der Waals surface area contributed by atoms with E-state index in [2.05, 4.69) is 13.8 Å². The van der Waals surface area contributed by atoms with Crippen molar-refractivity contribution in [3.8, 4) is 17.6 Å². The van der Waals surface area contributed by atoms with E-state index in [9.17, 15) is 4.79 Å². The highest BCUT2D eigenvalue weighted by Gasteiger charge is 2.11. The van der Waals surface area contributed by atoms with Gasteiger partial charge in [0.05, 0.1) is 18.7 Å². The summed E-state index contributed by atoms with van der Waals surface area (Å²) in [5, 5.41) is 8.89. The number of benzene rings is 2. The molecule has 0 aliphatic carbocycles. The summed E-state index contributed by atoms with van der Waals surface area (Å²) in [5.41, 5.74) is 2.32. The summed E-state index contributed by atoms with van der Waals surface area (Å²) >= 11 is 0. The Bertz CT molecular complexity index is 744. The first-order chi connectivity index (χ1) is 11.6. The summed E-state index contributed by atoms with van der Waals surface area (Å²) in [6.45, 7) is 4.23. The van der Waals surface area contributed by atoms with Crippen molar-refractivity contribution in [2.75, 3.05) is 13.7 Å². The van der Waals surface area contributed by atoms with E-state index in [0.717, 1.165) is 6.42 Å². The highest BCUT2D eigenvalue weighted by Crippen LogP contribution is 2.28. The van der Waals surface area contributed by atoms with E-state index in [0.29, 0.717) is 28.5 Å². The molecule has 1 unspecified atom stereocenters. The molecule has 0 saturated heterocycles. The summed E-state index contributed by atoms with van der Waals surface area (Å²) in [6.07, 6.45) is 1.06. The quantitative estimate of drug-likeness (QED) is 0.711. The van der Waals surface area contributed by atoms with E-state index in [1.807, 2.05) is 30.3 Å². The van der Waals surface area contributed by atoms with E-state index in [1.165, 1.54) is 12.7 Å². The molecule has 0 radical (unpaired) electrons. The standard InChI is InChI=1S/C20H21NO3/c1-4-14(2)16-6-8-17(9-7-16)18(22)13-24-19-10-5-15(12-21)11-20(19)23-3/h5-11,14H,4,13H2,1-3H3. The fourth-order valence-electron chi connectivity index (χ4n) is 2.32. The summed E-state index contributed by atoms with van der Waals surface area (Å²) in [6, 6.07) is 14.5. The fourth-order valence-corrected chi connectivity index (χ4v) is 2.32. The van der Waals surface area contributed by atoms with Crippen molar-refractivity contribution >= 4 is 5.78 Å². The maximum Gasteiger partial charge on any atom is 0.200 e. The number of nitriles is 1. The number of hydrogen-bond acceptors (Lipinski definition) is 4. The zero-order valence-electron chi connectivity index (χ0n) is 14.2. The third-order valence-electron chi connectivity index (χ3n) is 4.07. The molecule has 2 aromatic carbocycles. The van der Waals surface area contributed by atoms with Crippen molar-refractivity contribution in [3.63, 3.8) is 0 Å². The van der Waals surface area contributed by atoms with Crippen molar-refractivity contribution < 1.29 is 14.3 Å². The van der Waals surface area contributed by atoms with Gasteiger partial charge >= 0.3 is 0 Å². The van der Waals surface area contributed by atoms with Gasteiger partial charge in [0.25, 0.3) is 0 Å². The van der Waals surface area contributed by atoms with E-state index < -0.39 is 0 Å². The van der Waals surface area contributed by atoms with E-state index >= 15 is 0 Å². The Morgan fingerprint density at radius 2 is 1.88 bits per heavy atom. The molecular weight excluding hydrogens is 302 g/mol. The molecule has 2 rings (SSSR count). The number of hydrogen-bond donors (Lipinski definition) is 0. The molecule has 24 heavy (non-hydrogen) atoms. The van der Waals surface area contributed by atoms with Gasteiger partial charge in [-0.1, -0.05) is 38.1 Å². The van der Waals surface area contributed by atoms with E-state index in [4.69, 9.17) is 14.7 Å². The van der Waals surface area contributed by atoms with Crippen LogP contribution in [-0.4, -0.2) is 19.5 Å². The minimum Gasteiger partial charge on any atom is -0.493 e. The maximum atomic E-state index is 12.3. The number of carbonyl (C=O) groups excluding carboxylic acids is 1. The number of ether oxygens (including phenoxy) is 2. The lowest BCUT2D eigenvalue weighted by Gasteiger charge is -2.11. The van der Waals surface area contributed by atoms with Crippen LogP contribution >= 0.6 is 0 Å². The molecular formula is C20H21NO3. The molecule has 0 aliphatic rings. The Hall–Kier alpha value is -2.80. The molecule has 0 N–H and O–H groups in total. The van der Waals surface area contributed by atoms with Gasteiger partial charge in [-0.2, -0.15) is 5.26 Å². The molecule has 0 fully saturated rings. The summed E-state index contributed by atoms with van der Waals surface area (Å²) < 4.78 is 10.8. The van der Waals surface area contributed by atoms with Crippen LogP contribution in [0, 0.1) is 11.3 Å². The SMILES string of the molecule is CCC(C)c1ccc(C(=O)COc2ccc(C#N)cc2OC)cc1. The van der Waals surface area contributed by atoms with Gasteiger partial charge in [0.1, 0.15) is 0 Å². The van der Waals surface area contributed by atoms with Crippen molar-refractivity contribution in [3.05, 3.63) is 59.2 Å². The Kier molecular flexibility index (Phi) is 5.97. The predicted molar refractivity (Wildman–Crippen MR) is 92.7 cm³/mol. The number of Topliss-reactive ketones (excluding diaryl/α,β-unsaturated/α-hetero) is 1. The molecule has 0 amide bonds. The maximum absolute atomic E-state index is 12.3. The molecule has 0 aliphatic heterocycles. The molecule has 2 aromatic rings. The smallest absolute Gasteiger partial charge is 0.200 e. The van der Waals surface area contributed by atoms with Crippen LogP contribution in [0.2, 0.25) is 0 Å². The molecule has 0 heterocycles. The number of methoxy groups -OCH3 is 1. The van der Waals surface area contributed by atoms with Gasteiger partial charge in [-0.05, 0) is 30.0 Å². The van der Waals surface area contributed by atoms with Crippen LogP contribution in [0.15, 0.2) is 42.5 Å². The average Bonchev–Trinajstić information content (AvgIpc) is 2.65. The molecule has 1 atom stereocenters. The van der Waals surface area contributed by atoms with E-state index in [-0.39, 0.29) is 12.4 Å². The number of ketones is 1. The zero-order valence-corrected chi connectivity index (χ0v) is 14.2. The molecule has 4 nitrogen and oxygen atoms in total. The van der Waals surface area contributed by atoms with Gasteiger partial charge in [-0.25, -0.2) is 0 Å². The fraction of sp³-hybridized carbons (Fsp3) is 0.300. The zero-order chi connectivity index (χ0) is 17.5. The number of nitrogens with zero attached hydrogens (tertiary/aromatic N) is 1. The van der Waals surface area contributed by atoms with Gasteiger partial charge < -0.3 is 9.47 Å². The second-order valence-electron chi connectivity index (χ2n) is 5.62. The average molecular weight is 323 g/mol. The minimum atomic E-state index is -0.0999. The Morgan fingerprint density at radius 1 is 1.17 bits per heavy atom. The molecule has 124 valence electrons. The highest BCUT2D eigenvalue weighted by molar-refractivity contribution is 5.97. The van der Waals surface area contributed by atoms with Crippen LogP contribution in [0.3, 0.4) is 0 Å². The molecule has 0 aromatic heterocycles. The molecule has 4 heteroatoms. The second kappa shape index (κ2) is 8.16. The van der Waals surface area contributed by atoms with Gasteiger partial charge in [-0.3, -0.25) is 4.79 Å². The van der Waals surface area contributed by atoms with Crippen molar-refractivity contribution in [1.82, 2.24) is 0 Å². The lowest BCUT2D eigenvalue weighted by molar-refractivity contribution is 0.0919. The first-order valence-electron chi connectivity index (χ1n) is 7.93. The third-order valence-corrected chi connectivity index (χ3v) is 4.07. The van der Waals surface area contributed by atoms with Crippen LogP contribution in [-0.2, 0) is 0 Å². The Morgan fingerprint density at radius 3 is 2.46 bits per heavy atom. The largest absolute Gasteiger partial charge is 0.493 e. The molecule has 0 bridgehead atoms.